The zero-order valence-electron chi connectivity index (χ0n) is 18.9. The molecule has 178 valence electrons. The molecule has 1 aromatic heterocycles. The van der Waals surface area contributed by atoms with Crippen LogP contribution in [0.15, 0.2) is 47.3 Å². The minimum Gasteiger partial charge on any atom is -0.477 e. The Bertz CT molecular complexity index is 1020. The number of ketones is 1. The summed E-state index contributed by atoms with van der Waals surface area (Å²) in [6, 6.07) is 7.02. The number of aromatic nitrogens is 1. The van der Waals surface area contributed by atoms with Gasteiger partial charge in [0.15, 0.2) is 5.88 Å². The molecule has 8 heteroatoms. The molecule has 0 radical (unpaired) electrons. The summed E-state index contributed by atoms with van der Waals surface area (Å²) in [6.07, 6.45) is -1.54. The Morgan fingerprint density at radius 2 is 2.09 bits per heavy atom. The summed E-state index contributed by atoms with van der Waals surface area (Å²) in [6.45, 7) is 9.39. The summed E-state index contributed by atoms with van der Waals surface area (Å²) in [4.78, 5) is 14.9. The average Bonchev–Trinajstić information content (AvgIpc) is 3.40. The first kappa shape index (κ1) is 23.4. The van der Waals surface area contributed by atoms with E-state index in [1.807, 2.05) is 13.8 Å². The Hall–Kier alpha value is -2.77. The lowest BCUT2D eigenvalue weighted by Gasteiger charge is -2.34. The normalized spacial score (nSPS) is 22.6. The van der Waals surface area contributed by atoms with Crippen molar-refractivity contribution in [3.8, 4) is 11.3 Å². The summed E-state index contributed by atoms with van der Waals surface area (Å²) in [7, 11) is 0. The van der Waals surface area contributed by atoms with Gasteiger partial charge in [0, 0.05) is 36.9 Å². The van der Waals surface area contributed by atoms with E-state index >= 15 is 0 Å². The van der Waals surface area contributed by atoms with E-state index in [0.717, 1.165) is 37.4 Å². The van der Waals surface area contributed by atoms with E-state index in [-0.39, 0.29) is 17.6 Å². The number of fused-ring (bicyclic) bond motifs is 1. The van der Waals surface area contributed by atoms with Crippen LogP contribution in [0.4, 0.5) is 13.2 Å². The fourth-order valence-corrected chi connectivity index (χ4v) is 4.80. The van der Waals surface area contributed by atoms with E-state index in [0.29, 0.717) is 48.4 Å². The third kappa shape index (κ3) is 5.25. The molecule has 33 heavy (non-hydrogen) atoms. The molecule has 0 bridgehead atoms. The highest BCUT2D eigenvalue weighted by molar-refractivity contribution is 5.79. The number of carbonyl (C=O) groups excluding carboxylic acids is 1. The maximum atomic E-state index is 13.0. The van der Waals surface area contributed by atoms with Crippen molar-refractivity contribution >= 4 is 5.78 Å². The summed E-state index contributed by atoms with van der Waals surface area (Å²) in [5.74, 6) is 1.82. The van der Waals surface area contributed by atoms with Gasteiger partial charge in [-0.3, -0.25) is 4.79 Å². The molecular formula is C25H29F3N2O3. The van der Waals surface area contributed by atoms with Gasteiger partial charge in [0.05, 0.1) is 11.6 Å². The van der Waals surface area contributed by atoms with Gasteiger partial charge in [0.25, 0.3) is 0 Å². The summed E-state index contributed by atoms with van der Waals surface area (Å²) in [5.41, 5.74) is -0.0230. The number of hydrogen-bond acceptors (Lipinski definition) is 5. The van der Waals surface area contributed by atoms with Crippen molar-refractivity contribution in [2.24, 2.45) is 11.8 Å². The van der Waals surface area contributed by atoms with Crippen LogP contribution in [0.1, 0.15) is 56.8 Å². The van der Waals surface area contributed by atoms with Gasteiger partial charge in [0.2, 0.25) is 0 Å². The average molecular weight is 463 g/mol. The number of piperidine rings is 1. The van der Waals surface area contributed by atoms with Crippen LogP contribution >= 0.6 is 0 Å². The predicted octanol–water partition coefficient (Wildman–Crippen LogP) is 6.03. The molecule has 0 saturated carbocycles. The van der Waals surface area contributed by atoms with Crippen LogP contribution in [0.25, 0.3) is 11.3 Å². The topological polar surface area (TPSA) is 55.6 Å². The van der Waals surface area contributed by atoms with Crippen molar-refractivity contribution < 1.29 is 27.2 Å². The summed E-state index contributed by atoms with van der Waals surface area (Å²) in [5, 5.41) is 3.97. The van der Waals surface area contributed by atoms with Crippen LogP contribution in [-0.2, 0) is 15.7 Å². The monoisotopic (exact) mass is 462 g/mol. The number of benzene rings is 1. The lowest BCUT2D eigenvalue weighted by atomic mass is 9.83. The van der Waals surface area contributed by atoms with E-state index < -0.39 is 11.7 Å². The fraction of sp³-hybridized carbons (Fsp3) is 0.520. The maximum absolute atomic E-state index is 13.0. The number of ether oxygens (including phenoxy) is 1. The van der Waals surface area contributed by atoms with Crippen molar-refractivity contribution in [3.05, 3.63) is 54.1 Å². The number of carbonyl (C=O) groups is 1. The highest BCUT2D eigenvalue weighted by Gasteiger charge is 2.36. The molecule has 1 aromatic carbocycles. The second-order valence-corrected chi connectivity index (χ2v) is 9.35. The van der Waals surface area contributed by atoms with Crippen molar-refractivity contribution in [3.63, 3.8) is 0 Å². The largest absolute Gasteiger partial charge is 0.477 e. The molecule has 2 fully saturated rings. The van der Waals surface area contributed by atoms with Crippen LogP contribution in [0.5, 0.6) is 0 Å². The number of hydrogen-bond donors (Lipinski definition) is 0. The van der Waals surface area contributed by atoms with Gasteiger partial charge in [-0.15, -0.1) is 0 Å². The van der Waals surface area contributed by atoms with E-state index in [1.54, 1.807) is 12.1 Å². The van der Waals surface area contributed by atoms with Crippen molar-refractivity contribution in [2.45, 2.75) is 57.7 Å². The number of rotatable bonds is 7. The SMILES string of the molecule is C=C1OCC2CC(CC(=O)CC(C)C(C)c3cc(-c4cccc(C(F)(F)F)c4)no3)CCN12. The smallest absolute Gasteiger partial charge is 0.416 e. The van der Waals surface area contributed by atoms with E-state index in [9.17, 15) is 18.0 Å². The Balaban J connectivity index is 1.33. The quantitative estimate of drug-likeness (QED) is 0.503. The van der Waals surface area contributed by atoms with Crippen LogP contribution in [0.2, 0.25) is 0 Å². The standard InChI is InChI=1S/C25H29F3N2O3/c1-15(9-22(31)11-18-7-8-30-17(3)32-14-21(30)10-18)16(2)24-13-23(29-33-24)19-5-4-6-20(12-19)25(26,27)28/h4-6,12-13,15-16,18,21H,3,7-11,14H2,1-2H3. The van der Waals surface area contributed by atoms with Gasteiger partial charge in [-0.05, 0) is 43.4 Å². The van der Waals surface area contributed by atoms with Gasteiger partial charge in [-0.25, -0.2) is 0 Å². The first-order valence-corrected chi connectivity index (χ1v) is 11.4. The van der Waals surface area contributed by atoms with Gasteiger partial charge in [-0.1, -0.05) is 31.1 Å². The molecule has 3 heterocycles. The number of Topliss-reactive ketones (excluding diaryl/α,β-unsaturated/α-hetero) is 1. The first-order valence-electron chi connectivity index (χ1n) is 11.4. The van der Waals surface area contributed by atoms with Gasteiger partial charge in [0.1, 0.15) is 23.8 Å². The minimum absolute atomic E-state index is 0.0227. The fourth-order valence-electron chi connectivity index (χ4n) is 4.80. The molecule has 5 nitrogen and oxygen atoms in total. The lowest BCUT2D eigenvalue weighted by molar-refractivity contribution is -0.137. The van der Waals surface area contributed by atoms with E-state index in [4.69, 9.17) is 9.26 Å². The van der Waals surface area contributed by atoms with E-state index in [2.05, 4.69) is 16.6 Å². The molecular weight excluding hydrogens is 433 g/mol. The number of alkyl halides is 3. The highest BCUT2D eigenvalue weighted by Crippen LogP contribution is 2.36. The molecule has 2 aliphatic rings. The zero-order valence-corrected chi connectivity index (χ0v) is 18.9. The first-order chi connectivity index (χ1) is 15.6. The molecule has 2 aliphatic heterocycles. The Labute approximate surface area is 191 Å². The van der Waals surface area contributed by atoms with Crippen LogP contribution in [-0.4, -0.2) is 35.0 Å². The third-order valence-corrected chi connectivity index (χ3v) is 6.97. The molecule has 0 N–H and O–H groups in total. The summed E-state index contributed by atoms with van der Waals surface area (Å²) < 4.78 is 50.0. The van der Waals surface area contributed by atoms with Crippen LogP contribution < -0.4 is 0 Å². The Morgan fingerprint density at radius 1 is 1.30 bits per heavy atom. The predicted molar refractivity (Wildman–Crippen MR) is 117 cm³/mol. The molecule has 4 atom stereocenters. The van der Waals surface area contributed by atoms with Crippen LogP contribution in [0, 0.1) is 11.8 Å². The molecule has 0 amide bonds. The molecule has 4 rings (SSSR count). The number of halogens is 3. The molecule has 2 saturated heterocycles. The summed E-state index contributed by atoms with van der Waals surface area (Å²) >= 11 is 0. The minimum atomic E-state index is -4.42. The van der Waals surface area contributed by atoms with Crippen molar-refractivity contribution in [2.75, 3.05) is 13.2 Å². The molecule has 2 aromatic rings. The Kier molecular flexibility index (Phi) is 6.54. The van der Waals surface area contributed by atoms with Crippen molar-refractivity contribution in [1.29, 1.82) is 0 Å². The van der Waals surface area contributed by atoms with Gasteiger partial charge < -0.3 is 14.2 Å². The maximum Gasteiger partial charge on any atom is 0.416 e. The second-order valence-electron chi connectivity index (χ2n) is 9.35. The Morgan fingerprint density at radius 3 is 2.85 bits per heavy atom. The third-order valence-electron chi connectivity index (χ3n) is 6.97. The van der Waals surface area contributed by atoms with Crippen molar-refractivity contribution in [1.82, 2.24) is 10.1 Å². The number of nitrogens with zero attached hydrogens (tertiary/aromatic N) is 2. The molecule has 0 aliphatic carbocycles. The molecule has 0 spiro atoms. The van der Waals surface area contributed by atoms with Gasteiger partial charge >= 0.3 is 6.18 Å². The zero-order chi connectivity index (χ0) is 23.8. The highest BCUT2D eigenvalue weighted by atomic mass is 19.4. The van der Waals surface area contributed by atoms with Crippen LogP contribution in [0.3, 0.4) is 0 Å². The van der Waals surface area contributed by atoms with Gasteiger partial charge in [-0.2, -0.15) is 13.2 Å². The molecule has 4 unspecified atom stereocenters. The second kappa shape index (κ2) is 9.23. The van der Waals surface area contributed by atoms with E-state index in [1.165, 1.54) is 6.07 Å². The lowest BCUT2D eigenvalue weighted by Crippen LogP contribution is -2.38.